The normalized spacial score (nSPS) is 21.8. The van der Waals surface area contributed by atoms with E-state index in [1.54, 1.807) is 11.9 Å². The van der Waals surface area contributed by atoms with Gasteiger partial charge < -0.3 is 10.2 Å². The topological polar surface area (TPSA) is 73.8 Å². The first-order chi connectivity index (χ1) is 9.58. The van der Waals surface area contributed by atoms with Crippen molar-refractivity contribution in [3.05, 3.63) is 29.3 Å². The first-order valence-corrected chi connectivity index (χ1v) is 6.61. The van der Waals surface area contributed by atoms with Gasteiger partial charge in [-0.3, -0.25) is 4.79 Å². The molecule has 2 aliphatic rings. The highest BCUT2D eigenvalue weighted by Gasteiger charge is 2.28. The number of anilines is 1. The molecule has 1 unspecified atom stereocenters. The summed E-state index contributed by atoms with van der Waals surface area (Å²) in [5, 5.41) is 6.92. The van der Waals surface area contributed by atoms with Crippen LogP contribution in [0.15, 0.2) is 23.3 Å². The van der Waals surface area contributed by atoms with Crippen molar-refractivity contribution in [1.82, 2.24) is 10.7 Å². The average molecular weight is 272 g/mol. The minimum Gasteiger partial charge on any atom is -0.328 e. The number of rotatable bonds is 1. The summed E-state index contributed by atoms with van der Waals surface area (Å²) in [6, 6.07) is 5.42. The molecule has 1 aromatic rings. The number of carbonyl (C=O) groups excluding carboxylic acids is 2. The first kappa shape index (κ1) is 12.7. The van der Waals surface area contributed by atoms with Crippen LogP contribution in [0.3, 0.4) is 0 Å². The molecule has 0 aliphatic carbocycles. The molecule has 1 atom stereocenters. The SMILES string of the molecule is CC1NC(=O)NN=C1c1cccc2c1N(C)C(=O)CC2. The van der Waals surface area contributed by atoms with Gasteiger partial charge in [-0.1, -0.05) is 18.2 Å². The molecule has 2 heterocycles. The zero-order chi connectivity index (χ0) is 14.3. The fourth-order valence-corrected chi connectivity index (χ4v) is 2.73. The smallest absolute Gasteiger partial charge is 0.328 e. The van der Waals surface area contributed by atoms with Crippen LogP contribution in [0.2, 0.25) is 0 Å². The molecule has 0 saturated heterocycles. The molecular formula is C14H16N4O2. The molecule has 2 N–H and O–H groups in total. The van der Waals surface area contributed by atoms with E-state index in [0.29, 0.717) is 6.42 Å². The molecule has 6 nitrogen and oxygen atoms in total. The minimum absolute atomic E-state index is 0.103. The van der Waals surface area contributed by atoms with Gasteiger partial charge in [0.1, 0.15) is 0 Å². The number of hydrogen-bond donors (Lipinski definition) is 2. The molecule has 0 bridgehead atoms. The third-order valence-electron chi connectivity index (χ3n) is 3.75. The Balaban J connectivity index is 2.12. The molecule has 20 heavy (non-hydrogen) atoms. The summed E-state index contributed by atoms with van der Waals surface area (Å²) in [5.41, 5.74) is 6.09. The van der Waals surface area contributed by atoms with Crippen LogP contribution < -0.4 is 15.6 Å². The van der Waals surface area contributed by atoms with Crippen molar-refractivity contribution in [3.8, 4) is 0 Å². The Kier molecular flexibility index (Phi) is 2.93. The molecule has 0 radical (unpaired) electrons. The maximum Gasteiger partial charge on any atom is 0.335 e. The van der Waals surface area contributed by atoms with E-state index in [9.17, 15) is 9.59 Å². The van der Waals surface area contributed by atoms with E-state index in [-0.39, 0.29) is 18.0 Å². The van der Waals surface area contributed by atoms with Crippen LogP contribution in [-0.4, -0.2) is 30.7 Å². The second kappa shape index (κ2) is 4.63. The van der Waals surface area contributed by atoms with Gasteiger partial charge in [0, 0.05) is 19.0 Å². The number of nitrogens with one attached hydrogen (secondary N) is 2. The summed E-state index contributed by atoms with van der Waals surface area (Å²) in [7, 11) is 1.78. The minimum atomic E-state index is -0.310. The Labute approximate surface area is 116 Å². The van der Waals surface area contributed by atoms with Gasteiger partial charge in [0.15, 0.2) is 0 Å². The van der Waals surface area contributed by atoms with Crippen molar-refractivity contribution in [3.63, 3.8) is 0 Å². The molecule has 6 heteroatoms. The summed E-state index contributed by atoms with van der Waals surface area (Å²) in [4.78, 5) is 24.9. The number of hydrazone groups is 1. The standard InChI is InChI=1S/C14H16N4O2/c1-8-12(16-17-14(20)15-8)10-5-3-4-9-6-7-11(19)18(2)13(9)10/h3-5,8H,6-7H2,1-2H3,(H2,15,17,20). The molecule has 0 saturated carbocycles. The Bertz CT molecular complexity index is 624. The Morgan fingerprint density at radius 1 is 1.30 bits per heavy atom. The fraction of sp³-hybridized carbons (Fsp3) is 0.357. The predicted molar refractivity (Wildman–Crippen MR) is 75.8 cm³/mol. The molecule has 1 aromatic carbocycles. The summed E-state index contributed by atoms with van der Waals surface area (Å²) in [6.07, 6.45) is 1.28. The Morgan fingerprint density at radius 3 is 2.85 bits per heavy atom. The van der Waals surface area contributed by atoms with Crippen LogP contribution in [0.25, 0.3) is 0 Å². The number of para-hydroxylation sites is 1. The lowest BCUT2D eigenvalue weighted by molar-refractivity contribution is -0.118. The maximum atomic E-state index is 11.9. The Hall–Kier alpha value is -2.37. The molecule has 104 valence electrons. The van der Waals surface area contributed by atoms with E-state index in [1.165, 1.54) is 0 Å². The molecule has 3 rings (SSSR count). The molecule has 3 amide bonds. The van der Waals surface area contributed by atoms with Crippen molar-refractivity contribution in [2.75, 3.05) is 11.9 Å². The summed E-state index contributed by atoms with van der Waals surface area (Å²) in [6.45, 7) is 1.88. The highest BCUT2D eigenvalue weighted by atomic mass is 16.2. The van der Waals surface area contributed by atoms with Crippen molar-refractivity contribution in [1.29, 1.82) is 0 Å². The first-order valence-electron chi connectivity index (χ1n) is 6.61. The van der Waals surface area contributed by atoms with Gasteiger partial charge in [0.25, 0.3) is 0 Å². The lowest BCUT2D eigenvalue weighted by atomic mass is 9.93. The number of urea groups is 1. The van der Waals surface area contributed by atoms with Crippen LogP contribution in [-0.2, 0) is 11.2 Å². The highest BCUT2D eigenvalue weighted by molar-refractivity contribution is 6.13. The van der Waals surface area contributed by atoms with E-state index < -0.39 is 0 Å². The van der Waals surface area contributed by atoms with E-state index in [4.69, 9.17) is 0 Å². The van der Waals surface area contributed by atoms with Gasteiger partial charge in [-0.25, -0.2) is 10.2 Å². The molecule has 0 aromatic heterocycles. The van der Waals surface area contributed by atoms with Gasteiger partial charge in [0.05, 0.1) is 17.4 Å². The zero-order valence-corrected chi connectivity index (χ0v) is 11.4. The fourth-order valence-electron chi connectivity index (χ4n) is 2.73. The second-order valence-electron chi connectivity index (χ2n) is 5.07. The van der Waals surface area contributed by atoms with E-state index in [2.05, 4.69) is 15.8 Å². The Morgan fingerprint density at radius 2 is 2.10 bits per heavy atom. The van der Waals surface area contributed by atoms with Gasteiger partial charge in [0.2, 0.25) is 5.91 Å². The largest absolute Gasteiger partial charge is 0.335 e. The lowest BCUT2D eigenvalue weighted by Crippen LogP contribution is -2.49. The van der Waals surface area contributed by atoms with Gasteiger partial charge in [-0.05, 0) is 18.9 Å². The summed E-state index contributed by atoms with van der Waals surface area (Å²) in [5.74, 6) is 0.103. The maximum absolute atomic E-state index is 11.9. The van der Waals surface area contributed by atoms with E-state index in [1.807, 2.05) is 25.1 Å². The predicted octanol–water partition coefficient (Wildman–Crippen LogP) is 1.00. The van der Waals surface area contributed by atoms with Crippen molar-refractivity contribution < 1.29 is 9.59 Å². The molecule has 2 aliphatic heterocycles. The summed E-state index contributed by atoms with van der Waals surface area (Å²) >= 11 is 0. The molecular weight excluding hydrogens is 256 g/mol. The highest BCUT2D eigenvalue weighted by Crippen LogP contribution is 2.31. The van der Waals surface area contributed by atoms with Crippen molar-refractivity contribution in [2.45, 2.75) is 25.8 Å². The van der Waals surface area contributed by atoms with Crippen LogP contribution in [0, 0.1) is 0 Å². The number of hydrogen-bond acceptors (Lipinski definition) is 3. The van der Waals surface area contributed by atoms with Crippen molar-refractivity contribution >= 4 is 23.3 Å². The third kappa shape index (κ3) is 1.93. The average Bonchev–Trinajstić information content (AvgIpc) is 2.43. The number of amides is 3. The zero-order valence-electron chi connectivity index (χ0n) is 11.4. The monoisotopic (exact) mass is 272 g/mol. The van der Waals surface area contributed by atoms with Crippen LogP contribution in [0.5, 0.6) is 0 Å². The third-order valence-corrected chi connectivity index (χ3v) is 3.75. The van der Waals surface area contributed by atoms with Gasteiger partial charge in [-0.15, -0.1) is 0 Å². The summed E-state index contributed by atoms with van der Waals surface area (Å²) < 4.78 is 0. The lowest BCUT2D eigenvalue weighted by Gasteiger charge is -2.30. The van der Waals surface area contributed by atoms with Gasteiger partial charge in [-0.2, -0.15) is 5.10 Å². The number of nitrogens with zero attached hydrogens (tertiary/aromatic N) is 2. The number of carbonyl (C=O) groups is 2. The van der Waals surface area contributed by atoms with Crippen molar-refractivity contribution in [2.24, 2.45) is 5.10 Å². The van der Waals surface area contributed by atoms with Gasteiger partial charge >= 0.3 is 6.03 Å². The van der Waals surface area contributed by atoms with E-state index in [0.717, 1.165) is 28.9 Å². The molecule has 0 spiro atoms. The molecule has 0 fully saturated rings. The van der Waals surface area contributed by atoms with Crippen LogP contribution in [0.4, 0.5) is 10.5 Å². The number of fused-ring (bicyclic) bond motifs is 1. The second-order valence-corrected chi connectivity index (χ2v) is 5.07. The van der Waals surface area contributed by atoms with Crippen LogP contribution in [0.1, 0.15) is 24.5 Å². The quantitative estimate of drug-likeness (QED) is 0.800. The van der Waals surface area contributed by atoms with Crippen LogP contribution >= 0.6 is 0 Å². The number of aryl methyl sites for hydroxylation is 1. The number of benzene rings is 1. The van der Waals surface area contributed by atoms with E-state index >= 15 is 0 Å².